The van der Waals surface area contributed by atoms with E-state index in [1.54, 1.807) is 0 Å². The van der Waals surface area contributed by atoms with E-state index in [-0.39, 0.29) is 5.91 Å². The van der Waals surface area contributed by atoms with E-state index in [0.29, 0.717) is 25.2 Å². The predicted molar refractivity (Wildman–Crippen MR) is 74.2 cm³/mol. The van der Waals surface area contributed by atoms with E-state index in [1.165, 1.54) is 0 Å². The quantitative estimate of drug-likeness (QED) is 0.639. The second kappa shape index (κ2) is 6.73. The third-order valence-corrected chi connectivity index (χ3v) is 3.47. The summed E-state index contributed by atoms with van der Waals surface area (Å²) in [5, 5.41) is 21.2. The number of rotatable bonds is 7. The van der Waals surface area contributed by atoms with Gasteiger partial charge in [0.2, 0.25) is 5.91 Å². The molecule has 1 saturated carbocycles. The maximum Gasteiger partial charge on any atom is 0.475 e. The smallest absolute Gasteiger partial charge is 0.426 e. The second-order valence-corrected chi connectivity index (χ2v) is 5.25. The highest BCUT2D eigenvalue weighted by molar-refractivity contribution is 6.43. The van der Waals surface area contributed by atoms with Gasteiger partial charge in [-0.1, -0.05) is 43.2 Å². The molecule has 1 aliphatic carbocycles. The Morgan fingerprint density at radius 1 is 1.32 bits per heavy atom. The fourth-order valence-electron chi connectivity index (χ4n) is 2.15. The minimum Gasteiger partial charge on any atom is -0.426 e. The molecule has 1 fully saturated rings. The fourth-order valence-corrected chi connectivity index (χ4v) is 2.15. The number of hydrogen-bond acceptors (Lipinski definition) is 3. The van der Waals surface area contributed by atoms with Gasteiger partial charge in [0.25, 0.3) is 0 Å². The van der Waals surface area contributed by atoms with Crippen molar-refractivity contribution in [3.63, 3.8) is 0 Å². The van der Waals surface area contributed by atoms with Crippen LogP contribution in [0.3, 0.4) is 0 Å². The van der Waals surface area contributed by atoms with Crippen molar-refractivity contribution in [1.29, 1.82) is 0 Å². The summed E-state index contributed by atoms with van der Waals surface area (Å²) in [4.78, 5) is 11.8. The largest absolute Gasteiger partial charge is 0.475 e. The Labute approximate surface area is 114 Å². The van der Waals surface area contributed by atoms with E-state index in [9.17, 15) is 14.8 Å². The predicted octanol–water partition coefficient (Wildman–Crippen LogP) is 0.916. The molecule has 1 atom stereocenters. The summed E-state index contributed by atoms with van der Waals surface area (Å²) >= 11 is 0. The first kappa shape index (κ1) is 14.1. The van der Waals surface area contributed by atoms with Gasteiger partial charge in [0.15, 0.2) is 0 Å². The van der Waals surface area contributed by atoms with E-state index in [0.717, 1.165) is 18.4 Å². The molecule has 0 bridgehead atoms. The first-order valence-electron chi connectivity index (χ1n) is 6.84. The van der Waals surface area contributed by atoms with Crippen LogP contribution in [0, 0.1) is 5.92 Å². The van der Waals surface area contributed by atoms with Crippen LogP contribution in [-0.2, 0) is 11.2 Å². The Balaban J connectivity index is 1.75. The Bertz CT molecular complexity index is 406. The zero-order valence-electron chi connectivity index (χ0n) is 11.0. The monoisotopic (exact) mass is 261 g/mol. The number of nitrogens with one attached hydrogen (secondary N) is 1. The molecule has 0 saturated heterocycles. The van der Waals surface area contributed by atoms with Gasteiger partial charge in [-0.15, -0.1) is 0 Å². The summed E-state index contributed by atoms with van der Waals surface area (Å²) in [7, 11) is -1.47. The molecule has 5 heteroatoms. The lowest BCUT2D eigenvalue weighted by molar-refractivity contribution is -0.121. The standard InChI is InChI=1S/C14H20BNO3/c17-14(9-8-11-4-2-1-3-5-11)16-13(15(18)19)10-12-6-7-12/h1-5,12-13,18-19H,6-10H2,(H,16,17). The van der Waals surface area contributed by atoms with Gasteiger partial charge in [-0.25, -0.2) is 0 Å². The van der Waals surface area contributed by atoms with Gasteiger partial charge < -0.3 is 15.4 Å². The molecule has 1 amide bonds. The zero-order chi connectivity index (χ0) is 13.7. The SMILES string of the molecule is O=C(CCc1ccccc1)NC(CC1CC1)B(O)O. The van der Waals surface area contributed by atoms with Crippen molar-refractivity contribution in [2.75, 3.05) is 0 Å². The topological polar surface area (TPSA) is 69.6 Å². The first-order valence-corrected chi connectivity index (χ1v) is 6.84. The Kier molecular flexibility index (Phi) is 4.99. The van der Waals surface area contributed by atoms with Crippen LogP contribution in [0.4, 0.5) is 0 Å². The van der Waals surface area contributed by atoms with Gasteiger partial charge in [-0.2, -0.15) is 0 Å². The van der Waals surface area contributed by atoms with Gasteiger partial charge in [0, 0.05) is 6.42 Å². The summed E-state index contributed by atoms with van der Waals surface area (Å²) < 4.78 is 0. The van der Waals surface area contributed by atoms with Gasteiger partial charge in [-0.3, -0.25) is 4.79 Å². The number of hydrogen-bond donors (Lipinski definition) is 3. The van der Waals surface area contributed by atoms with Crippen molar-refractivity contribution in [2.45, 2.75) is 38.0 Å². The summed E-state index contributed by atoms with van der Waals surface area (Å²) in [5.74, 6) is -0.111. The Morgan fingerprint density at radius 2 is 2.00 bits per heavy atom. The minimum atomic E-state index is -1.47. The molecule has 0 aromatic heterocycles. The molecule has 3 N–H and O–H groups in total. The Hall–Kier alpha value is -1.33. The first-order chi connectivity index (χ1) is 9.15. The fraction of sp³-hybridized carbons (Fsp3) is 0.500. The summed E-state index contributed by atoms with van der Waals surface area (Å²) in [5.41, 5.74) is 1.11. The van der Waals surface area contributed by atoms with Gasteiger partial charge in [0.1, 0.15) is 0 Å². The van der Waals surface area contributed by atoms with Crippen LogP contribution in [0.1, 0.15) is 31.2 Å². The number of carbonyl (C=O) groups excluding carboxylic acids is 1. The summed E-state index contributed by atoms with van der Waals surface area (Å²) in [6.07, 6.45) is 3.96. The lowest BCUT2D eigenvalue weighted by atomic mass is 9.76. The van der Waals surface area contributed by atoms with Crippen molar-refractivity contribution in [3.8, 4) is 0 Å². The molecule has 1 unspecified atom stereocenters. The molecule has 1 aromatic carbocycles. The normalized spacial score (nSPS) is 15.9. The maximum absolute atomic E-state index is 11.8. The lowest BCUT2D eigenvalue weighted by Gasteiger charge is -2.17. The van der Waals surface area contributed by atoms with E-state index < -0.39 is 13.1 Å². The van der Waals surface area contributed by atoms with Crippen molar-refractivity contribution in [1.82, 2.24) is 5.32 Å². The molecule has 102 valence electrons. The number of carbonyl (C=O) groups is 1. The highest BCUT2D eigenvalue weighted by Crippen LogP contribution is 2.33. The number of amides is 1. The molecule has 0 radical (unpaired) electrons. The number of aryl methyl sites for hydroxylation is 1. The molecule has 19 heavy (non-hydrogen) atoms. The van der Waals surface area contributed by atoms with Gasteiger partial charge >= 0.3 is 7.12 Å². The number of benzene rings is 1. The molecule has 0 heterocycles. The zero-order valence-corrected chi connectivity index (χ0v) is 11.0. The summed E-state index contributed by atoms with van der Waals surface area (Å²) in [6.45, 7) is 0. The van der Waals surface area contributed by atoms with Crippen molar-refractivity contribution >= 4 is 13.0 Å². The maximum atomic E-state index is 11.8. The molecule has 0 spiro atoms. The van der Waals surface area contributed by atoms with E-state index >= 15 is 0 Å². The molecule has 1 aliphatic rings. The minimum absolute atomic E-state index is 0.123. The average Bonchev–Trinajstić information content (AvgIpc) is 3.21. The highest BCUT2D eigenvalue weighted by atomic mass is 16.4. The molecule has 1 aromatic rings. The molecular formula is C14H20BNO3. The van der Waals surface area contributed by atoms with Crippen LogP contribution >= 0.6 is 0 Å². The molecule has 2 rings (SSSR count). The van der Waals surface area contributed by atoms with Crippen molar-refractivity contribution in [3.05, 3.63) is 35.9 Å². The third kappa shape index (κ3) is 5.05. The molecule has 0 aliphatic heterocycles. The van der Waals surface area contributed by atoms with Gasteiger partial charge in [0.05, 0.1) is 5.94 Å². The molecular weight excluding hydrogens is 241 g/mol. The van der Waals surface area contributed by atoms with Crippen LogP contribution in [0.2, 0.25) is 0 Å². The van der Waals surface area contributed by atoms with Crippen molar-refractivity contribution < 1.29 is 14.8 Å². The average molecular weight is 261 g/mol. The van der Waals surface area contributed by atoms with E-state index in [1.807, 2.05) is 30.3 Å². The summed E-state index contributed by atoms with van der Waals surface area (Å²) in [6, 6.07) is 9.80. The molecule has 4 nitrogen and oxygen atoms in total. The lowest BCUT2D eigenvalue weighted by Crippen LogP contribution is -2.46. The van der Waals surface area contributed by atoms with Crippen molar-refractivity contribution in [2.24, 2.45) is 5.92 Å². The second-order valence-electron chi connectivity index (χ2n) is 5.25. The van der Waals surface area contributed by atoms with E-state index in [2.05, 4.69) is 5.32 Å². The highest BCUT2D eigenvalue weighted by Gasteiger charge is 2.32. The van der Waals surface area contributed by atoms with Crippen LogP contribution in [-0.4, -0.2) is 29.0 Å². The van der Waals surface area contributed by atoms with Crippen LogP contribution < -0.4 is 5.32 Å². The van der Waals surface area contributed by atoms with Crippen LogP contribution in [0.25, 0.3) is 0 Å². The Morgan fingerprint density at radius 3 is 2.58 bits per heavy atom. The third-order valence-electron chi connectivity index (χ3n) is 3.47. The van der Waals surface area contributed by atoms with Crippen LogP contribution in [0.15, 0.2) is 30.3 Å². The van der Waals surface area contributed by atoms with E-state index in [4.69, 9.17) is 0 Å². The van der Waals surface area contributed by atoms with Gasteiger partial charge in [-0.05, 0) is 24.3 Å². The van der Waals surface area contributed by atoms with Crippen LogP contribution in [0.5, 0.6) is 0 Å².